The largest absolute Gasteiger partial charge is 0.507 e. The highest BCUT2D eigenvalue weighted by Crippen LogP contribution is 2.53. The third-order valence-electron chi connectivity index (χ3n) is 11.4. The van der Waals surface area contributed by atoms with Crippen LogP contribution in [0, 0.1) is 6.92 Å². The quantitative estimate of drug-likeness (QED) is 0.142. The van der Waals surface area contributed by atoms with E-state index in [-0.39, 0.29) is 28.6 Å². The number of aliphatic hydroxyl groups is 1. The number of hydrogen-bond donors (Lipinski definition) is 5. The van der Waals surface area contributed by atoms with Gasteiger partial charge >= 0.3 is 5.97 Å². The third-order valence-corrected chi connectivity index (χ3v) is 11.4. The van der Waals surface area contributed by atoms with Gasteiger partial charge in [0, 0.05) is 41.8 Å². The molecule has 6 unspecified atom stereocenters. The van der Waals surface area contributed by atoms with Crippen molar-refractivity contribution < 1.29 is 38.5 Å². The fourth-order valence-electron chi connectivity index (χ4n) is 8.89. The number of aromatic hydroxyl groups is 1. The topological polar surface area (TPSA) is 213 Å². The van der Waals surface area contributed by atoms with E-state index in [1.165, 1.54) is 11.0 Å². The second kappa shape index (κ2) is 12.8. The van der Waals surface area contributed by atoms with Crippen LogP contribution in [0.3, 0.4) is 0 Å². The summed E-state index contributed by atoms with van der Waals surface area (Å²) < 4.78 is 24.6. The number of phenolic OH excluding ortho intramolecular Hbond substituents is 1. The van der Waals surface area contributed by atoms with Gasteiger partial charge in [-0.1, -0.05) is 0 Å². The number of quaternary nitrogens is 1. The first-order valence-corrected chi connectivity index (χ1v) is 18.7. The Hall–Kier alpha value is -5.57. The summed E-state index contributed by atoms with van der Waals surface area (Å²) in [6, 6.07) is 10.4. The molecule has 0 bridgehead atoms. The number of nitrogens with one attached hydrogen (secondary N) is 1. The number of nitrogens with two attached hydrogens (primary N) is 2. The van der Waals surface area contributed by atoms with E-state index in [2.05, 4.69) is 21.2 Å². The van der Waals surface area contributed by atoms with Gasteiger partial charge in [0.1, 0.15) is 76.6 Å². The molecule has 55 heavy (non-hydrogen) atoms. The first kappa shape index (κ1) is 35.2. The molecule has 4 aromatic rings. The van der Waals surface area contributed by atoms with Gasteiger partial charge in [-0.15, -0.1) is 0 Å². The molecule has 5 aliphatic rings. The number of pyridine rings is 2. The number of nitrogen functional groups attached to an aromatic ring is 2. The van der Waals surface area contributed by atoms with Crippen molar-refractivity contribution in [2.75, 3.05) is 18.0 Å². The first-order chi connectivity index (χ1) is 26.3. The number of aryl methyl sites for hydroxylation is 2. The molecule has 1 spiro atoms. The van der Waals surface area contributed by atoms with Crippen molar-refractivity contribution in [1.82, 2.24) is 9.97 Å². The first-order valence-electron chi connectivity index (χ1n) is 18.7. The maximum Gasteiger partial charge on any atom is 0.341 e. The number of fused-ring (bicyclic) bond motifs is 5. The number of phenols is 1. The molecule has 0 saturated carbocycles. The lowest BCUT2D eigenvalue weighted by molar-refractivity contribution is -0.848. The number of epoxide rings is 1. The van der Waals surface area contributed by atoms with Gasteiger partial charge in [-0.2, -0.15) is 0 Å². The number of carbonyl (C=O) groups excluding carboxylic acids is 1. The predicted molar refractivity (Wildman–Crippen MR) is 202 cm³/mol. The monoisotopic (exact) mass is 747 g/mol. The van der Waals surface area contributed by atoms with Gasteiger partial charge in [-0.25, -0.2) is 14.8 Å². The number of aliphatic hydroxyl groups excluding tert-OH is 1. The van der Waals surface area contributed by atoms with Gasteiger partial charge in [-0.05, 0) is 82.4 Å². The van der Waals surface area contributed by atoms with Crippen LogP contribution in [-0.4, -0.2) is 67.9 Å². The van der Waals surface area contributed by atoms with Crippen molar-refractivity contribution in [1.29, 1.82) is 0 Å². The number of nitrogens with zero attached hydrogens (tertiary/aromatic N) is 3. The Kier molecular flexibility index (Phi) is 8.15. The van der Waals surface area contributed by atoms with Crippen LogP contribution in [0.25, 0.3) is 22.2 Å². The summed E-state index contributed by atoms with van der Waals surface area (Å²) in [5, 5.41) is 22.8. The highest BCUT2D eigenvalue weighted by atomic mass is 16.7. The minimum Gasteiger partial charge on any atom is -0.507 e. The lowest BCUT2D eigenvalue weighted by Gasteiger charge is -2.44. The smallest absolute Gasteiger partial charge is 0.341 e. The zero-order valence-corrected chi connectivity index (χ0v) is 30.8. The van der Waals surface area contributed by atoms with Crippen LogP contribution in [0.5, 0.6) is 11.5 Å². The number of aliphatic imine (C=N–C) groups is 1. The number of rotatable bonds is 6. The minimum absolute atomic E-state index is 0.0319. The summed E-state index contributed by atoms with van der Waals surface area (Å²) in [6.07, 6.45) is 5.41. The molecule has 8 heterocycles. The summed E-state index contributed by atoms with van der Waals surface area (Å²) in [6.45, 7) is 6.71. The van der Waals surface area contributed by atoms with E-state index in [0.717, 1.165) is 34.7 Å². The van der Waals surface area contributed by atoms with Crippen LogP contribution in [0.4, 0.5) is 11.6 Å². The number of esters is 1. The number of carbonyl (C=O) groups is 1. The Morgan fingerprint density at radius 1 is 1.04 bits per heavy atom. The average Bonchev–Trinajstić information content (AvgIpc) is 3.37. The molecule has 2 saturated heterocycles. The molecule has 2 fully saturated rings. The molecule has 0 aliphatic carbocycles. The Balaban J connectivity index is 0.936. The molecule has 284 valence electrons. The second-order valence-corrected chi connectivity index (χ2v) is 15.9. The SMILES string of the molecule is Cc1cc(=O)c2c(O)c3c(cc2o1)OC(C)(C)C1OC(=O)C2(CC(O)CCC31)OC2CCc1cc(N)nc(-c2cc(N)nc(C[NH+]3C=C4C=CN=C4C3)c2)c1. The summed E-state index contributed by atoms with van der Waals surface area (Å²) in [4.78, 5) is 41.9. The third kappa shape index (κ3) is 6.23. The lowest BCUT2D eigenvalue weighted by atomic mass is 9.77. The number of anilines is 2. The Bertz CT molecular complexity index is 2440. The van der Waals surface area contributed by atoms with E-state index >= 15 is 0 Å². The molecule has 6 atom stereocenters. The maximum atomic E-state index is 14.1. The number of allylic oxidation sites excluding steroid dienone is 1. The fraction of sp³-hybridized carbons (Fsp3) is 0.390. The summed E-state index contributed by atoms with van der Waals surface area (Å²) in [7, 11) is 0. The number of aromatic nitrogens is 2. The molecule has 9 rings (SSSR count). The van der Waals surface area contributed by atoms with Crippen LogP contribution >= 0.6 is 0 Å². The van der Waals surface area contributed by atoms with Crippen LogP contribution in [0.2, 0.25) is 0 Å². The van der Waals surface area contributed by atoms with Gasteiger partial charge in [0.2, 0.25) is 0 Å². The molecule has 7 N–H and O–H groups in total. The number of ether oxygens (including phenoxy) is 3. The highest BCUT2D eigenvalue weighted by molar-refractivity contribution is 6.06. The van der Waals surface area contributed by atoms with Crippen LogP contribution < -0.4 is 26.5 Å². The maximum absolute atomic E-state index is 14.1. The second-order valence-electron chi connectivity index (χ2n) is 15.9. The van der Waals surface area contributed by atoms with Crippen LogP contribution in [0.1, 0.15) is 68.0 Å². The van der Waals surface area contributed by atoms with E-state index in [4.69, 9.17) is 30.1 Å². The number of hydrogen-bond acceptors (Lipinski definition) is 13. The standard InChI is InChI=1S/C41H42N6O8/c1-20-10-29(49)36-30(52-20)15-31-35(37(36)50)26-6-5-25(48)16-41(39(51)53-38(26)40(2,3)54-31)32(55-41)7-4-21-11-27(46-33(42)12-21)23-13-24(45-34(43)14-23)18-47-17-22-8-9-44-28(22)19-47/h8-15,17,25-26,32,38,48,50H,4-7,16,18-19H2,1-3H3,(H2,42,46)(H2,43,45)/p+1. The highest BCUT2D eigenvalue weighted by Gasteiger charge is 2.65. The molecule has 0 amide bonds. The normalized spacial score (nSPS) is 27.6. The molecule has 1 aromatic carbocycles. The van der Waals surface area contributed by atoms with E-state index in [9.17, 15) is 19.8 Å². The van der Waals surface area contributed by atoms with E-state index in [0.29, 0.717) is 66.6 Å². The minimum atomic E-state index is -1.35. The van der Waals surface area contributed by atoms with Crippen molar-refractivity contribution in [3.63, 3.8) is 0 Å². The Labute approximate surface area is 316 Å². The molecule has 14 nitrogen and oxygen atoms in total. The lowest BCUT2D eigenvalue weighted by Crippen LogP contribution is -3.05. The van der Waals surface area contributed by atoms with Crippen molar-refractivity contribution in [3.8, 4) is 22.8 Å². The molecular weight excluding hydrogens is 704 g/mol. The Morgan fingerprint density at radius 2 is 1.85 bits per heavy atom. The van der Waals surface area contributed by atoms with E-state index < -0.39 is 41.4 Å². The van der Waals surface area contributed by atoms with E-state index in [1.54, 1.807) is 25.1 Å². The van der Waals surface area contributed by atoms with Crippen molar-refractivity contribution in [3.05, 3.63) is 93.3 Å². The number of benzene rings is 1. The van der Waals surface area contributed by atoms with E-state index in [1.807, 2.05) is 38.3 Å². The zero-order chi connectivity index (χ0) is 38.4. The van der Waals surface area contributed by atoms with Gasteiger partial charge in [0.25, 0.3) is 0 Å². The Morgan fingerprint density at radius 3 is 2.67 bits per heavy atom. The van der Waals surface area contributed by atoms with Crippen LogP contribution in [0.15, 0.2) is 74.7 Å². The van der Waals surface area contributed by atoms with Crippen molar-refractivity contribution in [2.45, 2.75) is 94.9 Å². The molecule has 0 radical (unpaired) electrons. The van der Waals surface area contributed by atoms with Gasteiger partial charge in [-0.3, -0.25) is 14.7 Å². The van der Waals surface area contributed by atoms with Gasteiger partial charge < -0.3 is 40.3 Å². The molecular formula is C41H43N6O8+. The molecule has 3 aromatic heterocycles. The van der Waals surface area contributed by atoms with Crippen molar-refractivity contribution in [2.24, 2.45) is 4.99 Å². The zero-order valence-electron chi connectivity index (χ0n) is 30.8. The summed E-state index contributed by atoms with van der Waals surface area (Å²) >= 11 is 0. The van der Waals surface area contributed by atoms with Gasteiger partial charge in [0.15, 0.2) is 11.0 Å². The van der Waals surface area contributed by atoms with Gasteiger partial charge in [0.05, 0.1) is 29.2 Å². The van der Waals surface area contributed by atoms with Crippen LogP contribution in [-0.2, 0) is 27.2 Å². The summed E-state index contributed by atoms with van der Waals surface area (Å²) in [5.41, 5.74) is 15.7. The molecule has 5 aliphatic heterocycles. The molecule has 14 heteroatoms. The predicted octanol–water partition coefficient (Wildman–Crippen LogP) is 3.16. The average molecular weight is 748 g/mol. The van der Waals surface area contributed by atoms with Crippen molar-refractivity contribution >= 4 is 34.3 Å². The fourth-order valence-corrected chi connectivity index (χ4v) is 8.89. The summed E-state index contributed by atoms with van der Waals surface area (Å²) in [5.74, 6) is 0.0283.